The summed E-state index contributed by atoms with van der Waals surface area (Å²) in [5.74, 6) is 0.851. The maximum atomic E-state index is 12.5. The Labute approximate surface area is 131 Å². The Balaban J connectivity index is 0.00000361. The highest BCUT2D eigenvalue weighted by molar-refractivity contribution is 5.85. The smallest absolute Gasteiger partial charge is 0.242 e. The second-order valence-electron chi connectivity index (χ2n) is 7.45. The molecule has 120 valence electrons. The molecular weight excluding hydrogens is 272 g/mol. The van der Waals surface area contributed by atoms with Crippen molar-refractivity contribution in [1.82, 2.24) is 4.90 Å². The quantitative estimate of drug-likeness (QED) is 0.866. The van der Waals surface area contributed by atoms with Gasteiger partial charge in [0.1, 0.15) is 0 Å². The van der Waals surface area contributed by atoms with Crippen LogP contribution in [0.15, 0.2) is 0 Å². The van der Waals surface area contributed by atoms with Crippen molar-refractivity contribution >= 4 is 18.3 Å². The van der Waals surface area contributed by atoms with Gasteiger partial charge in [-0.25, -0.2) is 0 Å². The summed E-state index contributed by atoms with van der Waals surface area (Å²) in [6.45, 7) is 12.6. The first-order valence-electron chi connectivity index (χ1n) is 7.76. The first-order valence-corrected chi connectivity index (χ1v) is 7.76. The number of amides is 1. The van der Waals surface area contributed by atoms with E-state index >= 15 is 0 Å². The second-order valence-corrected chi connectivity index (χ2v) is 7.45. The molecule has 0 aromatic heterocycles. The van der Waals surface area contributed by atoms with Crippen molar-refractivity contribution < 1.29 is 4.79 Å². The molecule has 3 nitrogen and oxygen atoms in total. The first-order chi connectivity index (χ1) is 8.68. The van der Waals surface area contributed by atoms with Crippen molar-refractivity contribution in [2.75, 3.05) is 13.1 Å². The van der Waals surface area contributed by atoms with Gasteiger partial charge in [-0.1, -0.05) is 34.1 Å². The van der Waals surface area contributed by atoms with Crippen LogP contribution in [0.25, 0.3) is 0 Å². The summed E-state index contributed by atoms with van der Waals surface area (Å²) >= 11 is 0. The maximum absolute atomic E-state index is 12.5. The number of halogens is 1. The van der Waals surface area contributed by atoms with Crippen LogP contribution in [-0.4, -0.2) is 29.4 Å². The number of hydrogen-bond acceptors (Lipinski definition) is 2. The summed E-state index contributed by atoms with van der Waals surface area (Å²) in [5.41, 5.74) is 5.84. The molecule has 0 radical (unpaired) electrons. The van der Waals surface area contributed by atoms with Gasteiger partial charge in [0.05, 0.1) is 5.54 Å². The molecule has 1 fully saturated rings. The van der Waals surface area contributed by atoms with Gasteiger partial charge in [-0.3, -0.25) is 4.79 Å². The van der Waals surface area contributed by atoms with E-state index in [0.29, 0.717) is 11.3 Å². The molecule has 0 bridgehead atoms. The third kappa shape index (κ3) is 5.25. The van der Waals surface area contributed by atoms with Gasteiger partial charge in [0.15, 0.2) is 0 Å². The molecule has 20 heavy (non-hydrogen) atoms. The molecule has 0 saturated carbocycles. The lowest BCUT2D eigenvalue weighted by atomic mass is 9.77. The Morgan fingerprint density at radius 3 is 2.30 bits per heavy atom. The predicted octanol–water partition coefficient (Wildman–Crippen LogP) is 3.60. The lowest BCUT2D eigenvalue weighted by Crippen LogP contribution is -2.53. The van der Waals surface area contributed by atoms with E-state index in [0.717, 1.165) is 38.8 Å². The summed E-state index contributed by atoms with van der Waals surface area (Å²) in [4.78, 5) is 14.5. The number of nitrogens with zero attached hydrogens (tertiary/aromatic N) is 1. The maximum Gasteiger partial charge on any atom is 0.242 e. The number of nitrogens with two attached hydrogens (primary N) is 1. The Bertz CT molecular complexity index is 310. The molecule has 0 spiro atoms. The van der Waals surface area contributed by atoms with Crippen molar-refractivity contribution in [3.05, 3.63) is 0 Å². The molecule has 1 saturated heterocycles. The van der Waals surface area contributed by atoms with E-state index in [-0.39, 0.29) is 18.3 Å². The highest BCUT2D eigenvalue weighted by atomic mass is 35.5. The van der Waals surface area contributed by atoms with Crippen molar-refractivity contribution in [3.63, 3.8) is 0 Å². The lowest BCUT2D eigenvalue weighted by molar-refractivity contribution is -0.136. The zero-order valence-corrected chi connectivity index (χ0v) is 14.7. The molecule has 1 amide bonds. The lowest BCUT2D eigenvalue weighted by Gasteiger charge is -2.32. The fourth-order valence-corrected chi connectivity index (χ4v) is 3.15. The van der Waals surface area contributed by atoms with E-state index in [2.05, 4.69) is 27.7 Å². The topological polar surface area (TPSA) is 46.3 Å². The number of likely N-dealkylation sites (tertiary alicyclic amines) is 1. The fourth-order valence-electron chi connectivity index (χ4n) is 3.15. The van der Waals surface area contributed by atoms with Crippen LogP contribution >= 0.6 is 12.4 Å². The molecule has 0 aromatic carbocycles. The van der Waals surface area contributed by atoms with Gasteiger partial charge in [0.25, 0.3) is 0 Å². The van der Waals surface area contributed by atoms with Crippen molar-refractivity contribution in [2.45, 2.75) is 72.3 Å². The highest BCUT2D eigenvalue weighted by Crippen LogP contribution is 2.34. The largest absolute Gasteiger partial charge is 0.341 e. The van der Waals surface area contributed by atoms with Crippen molar-refractivity contribution in [1.29, 1.82) is 0 Å². The minimum Gasteiger partial charge on any atom is -0.341 e. The average molecular weight is 305 g/mol. The van der Waals surface area contributed by atoms with Crippen LogP contribution in [0.3, 0.4) is 0 Å². The van der Waals surface area contributed by atoms with Crippen LogP contribution in [-0.2, 0) is 4.79 Å². The first kappa shape index (κ1) is 19.7. The van der Waals surface area contributed by atoms with E-state index in [1.54, 1.807) is 0 Å². The second kappa shape index (κ2) is 7.65. The van der Waals surface area contributed by atoms with Crippen LogP contribution in [0.4, 0.5) is 0 Å². The summed E-state index contributed by atoms with van der Waals surface area (Å²) < 4.78 is 0. The standard InChI is InChI=1S/C16H32N2O.ClH/c1-6-10-16(5,17)14(19)18-11-7-8-13(9-12-18)15(2,3)4;/h13H,6-12,17H2,1-5H3;1H. The number of hydrogen-bond donors (Lipinski definition) is 1. The Kier molecular flexibility index (Phi) is 7.54. The zero-order valence-electron chi connectivity index (χ0n) is 13.9. The van der Waals surface area contributed by atoms with E-state index in [4.69, 9.17) is 5.73 Å². The summed E-state index contributed by atoms with van der Waals surface area (Å²) in [7, 11) is 0. The molecule has 0 aromatic rings. The summed E-state index contributed by atoms with van der Waals surface area (Å²) in [6.07, 6.45) is 5.16. The number of rotatable bonds is 3. The number of carbonyl (C=O) groups is 1. The van der Waals surface area contributed by atoms with Crippen LogP contribution in [0.1, 0.15) is 66.7 Å². The summed E-state index contributed by atoms with van der Waals surface area (Å²) in [6, 6.07) is 0. The monoisotopic (exact) mass is 304 g/mol. The van der Waals surface area contributed by atoms with Crippen LogP contribution in [0.5, 0.6) is 0 Å². The molecule has 2 atom stereocenters. The molecule has 1 aliphatic heterocycles. The Hall–Kier alpha value is -0.280. The summed E-state index contributed by atoms with van der Waals surface area (Å²) in [5, 5.41) is 0. The molecule has 2 N–H and O–H groups in total. The van der Waals surface area contributed by atoms with Crippen LogP contribution < -0.4 is 5.73 Å². The third-order valence-electron chi connectivity index (χ3n) is 4.50. The zero-order chi connectivity index (χ0) is 14.7. The average Bonchev–Trinajstić information content (AvgIpc) is 2.52. The molecule has 4 heteroatoms. The molecule has 1 heterocycles. The molecule has 1 aliphatic rings. The van der Waals surface area contributed by atoms with Gasteiger partial charge in [0, 0.05) is 13.1 Å². The fraction of sp³-hybridized carbons (Fsp3) is 0.938. The Morgan fingerprint density at radius 2 is 1.80 bits per heavy atom. The third-order valence-corrected chi connectivity index (χ3v) is 4.50. The van der Waals surface area contributed by atoms with Crippen LogP contribution in [0, 0.1) is 11.3 Å². The highest BCUT2D eigenvalue weighted by Gasteiger charge is 2.34. The molecule has 1 rings (SSSR count). The van der Waals surface area contributed by atoms with Crippen molar-refractivity contribution in [2.24, 2.45) is 17.1 Å². The van der Waals surface area contributed by atoms with Gasteiger partial charge in [-0.2, -0.15) is 0 Å². The van der Waals surface area contributed by atoms with E-state index in [9.17, 15) is 4.79 Å². The molecular formula is C16H33ClN2O. The van der Waals surface area contributed by atoms with Gasteiger partial charge in [0.2, 0.25) is 5.91 Å². The normalized spacial score (nSPS) is 23.5. The van der Waals surface area contributed by atoms with Crippen molar-refractivity contribution in [3.8, 4) is 0 Å². The van der Waals surface area contributed by atoms with Crippen LogP contribution in [0.2, 0.25) is 0 Å². The van der Waals surface area contributed by atoms with Gasteiger partial charge in [-0.05, 0) is 43.9 Å². The van der Waals surface area contributed by atoms with Gasteiger partial charge in [-0.15, -0.1) is 12.4 Å². The van der Waals surface area contributed by atoms with E-state index in [1.807, 2.05) is 11.8 Å². The van der Waals surface area contributed by atoms with Gasteiger partial charge >= 0.3 is 0 Å². The predicted molar refractivity (Wildman–Crippen MR) is 88.1 cm³/mol. The molecule has 2 unspecified atom stereocenters. The Morgan fingerprint density at radius 1 is 1.20 bits per heavy atom. The van der Waals surface area contributed by atoms with E-state index in [1.165, 1.54) is 6.42 Å². The van der Waals surface area contributed by atoms with Gasteiger partial charge < -0.3 is 10.6 Å². The minimum absolute atomic E-state index is 0. The minimum atomic E-state index is -0.684. The number of carbonyl (C=O) groups excluding carboxylic acids is 1. The molecule has 0 aliphatic carbocycles. The van der Waals surface area contributed by atoms with E-state index < -0.39 is 5.54 Å². The SMILES string of the molecule is CCCC(C)(N)C(=O)N1CCCC(C(C)(C)C)CC1.Cl.